The van der Waals surface area contributed by atoms with Crippen LogP contribution in [0.25, 0.3) is 0 Å². The van der Waals surface area contributed by atoms with Crippen molar-refractivity contribution in [2.24, 2.45) is 0 Å². The van der Waals surface area contributed by atoms with E-state index in [2.05, 4.69) is 26.2 Å². The lowest BCUT2D eigenvalue weighted by molar-refractivity contribution is 0.0912. The lowest BCUT2D eigenvalue weighted by Crippen LogP contribution is -2.41. The number of aromatic nitrogens is 1. The first-order valence-corrected chi connectivity index (χ1v) is 7.68. The SMILES string of the molecule is Cc1cc(C(=O)NC(C)(C)c2ccc(Br)cc2)cc(Cl)n1. The number of aryl methyl sites for hydroxylation is 1. The van der Waals surface area contributed by atoms with Gasteiger partial charge in [0, 0.05) is 15.7 Å². The summed E-state index contributed by atoms with van der Waals surface area (Å²) in [7, 11) is 0. The van der Waals surface area contributed by atoms with E-state index in [0.29, 0.717) is 16.4 Å². The number of carbonyl (C=O) groups excluding carboxylic acids is 1. The molecule has 110 valence electrons. The van der Waals surface area contributed by atoms with E-state index in [1.807, 2.05) is 45.0 Å². The molecule has 0 radical (unpaired) electrons. The minimum Gasteiger partial charge on any atom is -0.343 e. The molecule has 0 saturated carbocycles. The van der Waals surface area contributed by atoms with Gasteiger partial charge in [0.05, 0.1) is 5.54 Å². The van der Waals surface area contributed by atoms with Gasteiger partial charge >= 0.3 is 0 Å². The summed E-state index contributed by atoms with van der Waals surface area (Å²) in [6.07, 6.45) is 0. The fourth-order valence-electron chi connectivity index (χ4n) is 2.05. The molecule has 0 bridgehead atoms. The molecule has 1 N–H and O–H groups in total. The Balaban J connectivity index is 2.23. The van der Waals surface area contributed by atoms with Gasteiger partial charge in [0.1, 0.15) is 5.15 Å². The van der Waals surface area contributed by atoms with Crippen LogP contribution in [-0.2, 0) is 5.54 Å². The van der Waals surface area contributed by atoms with E-state index in [9.17, 15) is 4.79 Å². The molecule has 5 heteroatoms. The summed E-state index contributed by atoms with van der Waals surface area (Å²) in [6.45, 7) is 5.73. The third-order valence-electron chi connectivity index (χ3n) is 3.18. The minimum absolute atomic E-state index is 0.171. The van der Waals surface area contributed by atoms with Crippen molar-refractivity contribution in [2.45, 2.75) is 26.3 Å². The normalized spacial score (nSPS) is 11.3. The van der Waals surface area contributed by atoms with Crippen LogP contribution in [0.3, 0.4) is 0 Å². The lowest BCUT2D eigenvalue weighted by Gasteiger charge is -2.27. The molecule has 2 aromatic rings. The van der Waals surface area contributed by atoms with Crippen LogP contribution < -0.4 is 5.32 Å². The number of rotatable bonds is 3. The Morgan fingerprint density at radius 3 is 2.43 bits per heavy atom. The van der Waals surface area contributed by atoms with Gasteiger partial charge in [-0.05, 0) is 50.6 Å². The van der Waals surface area contributed by atoms with Crippen molar-refractivity contribution in [3.8, 4) is 0 Å². The van der Waals surface area contributed by atoms with E-state index >= 15 is 0 Å². The Bertz CT molecular complexity index is 648. The number of carbonyl (C=O) groups is 1. The van der Waals surface area contributed by atoms with Crippen molar-refractivity contribution in [3.63, 3.8) is 0 Å². The number of pyridine rings is 1. The van der Waals surface area contributed by atoms with Gasteiger partial charge in [-0.25, -0.2) is 4.98 Å². The molecule has 1 aromatic heterocycles. The molecule has 1 aromatic carbocycles. The van der Waals surface area contributed by atoms with E-state index in [0.717, 1.165) is 10.0 Å². The van der Waals surface area contributed by atoms with Gasteiger partial charge in [-0.1, -0.05) is 39.7 Å². The van der Waals surface area contributed by atoms with Crippen molar-refractivity contribution in [1.82, 2.24) is 10.3 Å². The number of hydrogen-bond donors (Lipinski definition) is 1. The van der Waals surface area contributed by atoms with Crippen LogP contribution in [-0.4, -0.2) is 10.9 Å². The molecule has 0 aliphatic rings. The number of nitrogens with zero attached hydrogens (tertiary/aromatic N) is 1. The molecule has 0 atom stereocenters. The van der Waals surface area contributed by atoms with Crippen molar-refractivity contribution in [3.05, 3.63) is 62.8 Å². The van der Waals surface area contributed by atoms with Crippen molar-refractivity contribution < 1.29 is 4.79 Å². The van der Waals surface area contributed by atoms with Gasteiger partial charge in [-0.15, -0.1) is 0 Å². The fraction of sp³-hybridized carbons (Fsp3) is 0.250. The second kappa shape index (κ2) is 6.16. The second-order valence-electron chi connectivity index (χ2n) is 5.41. The van der Waals surface area contributed by atoms with Gasteiger partial charge < -0.3 is 5.32 Å². The smallest absolute Gasteiger partial charge is 0.252 e. The van der Waals surface area contributed by atoms with Gasteiger partial charge in [-0.3, -0.25) is 4.79 Å². The first-order chi connectivity index (χ1) is 9.78. The third kappa shape index (κ3) is 4.05. The molecule has 3 nitrogen and oxygen atoms in total. The first-order valence-electron chi connectivity index (χ1n) is 6.51. The zero-order valence-corrected chi connectivity index (χ0v) is 14.4. The Kier molecular flexibility index (Phi) is 4.69. The Morgan fingerprint density at radius 2 is 1.86 bits per heavy atom. The number of hydrogen-bond acceptors (Lipinski definition) is 2. The molecule has 0 aliphatic heterocycles. The van der Waals surface area contributed by atoms with Crippen LogP contribution in [0.5, 0.6) is 0 Å². The summed E-state index contributed by atoms with van der Waals surface area (Å²) < 4.78 is 1.00. The lowest BCUT2D eigenvalue weighted by atomic mass is 9.94. The van der Waals surface area contributed by atoms with Crippen LogP contribution in [0.4, 0.5) is 0 Å². The highest BCUT2D eigenvalue weighted by Gasteiger charge is 2.23. The van der Waals surface area contributed by atoms with Gasteiger partial charge in [0.2, 0.25) is 0 Å². The predicted molar refractivity (Wildman–Crippen MR) is 88.6 cm³/mol. The topological polar surface area (TPSA) is 42.0 Å². The third-order valence-corrected chi connectivity index (χ3v) is 3.90. The average molecular weight is 368 g/mol. The van der Waals surface area contributed by atoms with E-state index in [1.165, 1.54) is 0 Å². The highest BCUT2D eigenvalue weighted by atomic mass is 79.9. The number of nitrogens with one attached hydrogen (secondary N) is 1. The highest BCUT2D eigenvalue weighted by molar-refractivity contribution is 9.10. The minimum atomic E-state index is -0.485. The molecule has 1 heterocycles. The monoisotopic (exact) mass is 366 g/mol. The van der Waals surface area contributed by atoms with E-state index < -0.39 is 5.54 Å². The summed E-state index contributed by atoms with van der Waals surface area (Å²) >= 11 is 9.31. The Hall–Kier alpha value is -1.39. The van der Waals surface area contributed by atoms with Crippen LogP contribution in [0.1, 0.15) is 35.5 Å². The standard InChI is InChI=1S/C16H16BrClN2O/c1-10-8-11(9-14(18)19-10)15(21)20-16(2,3)12-4-6-13(17)7-5-12/h4-9H,1-3H3,(H,20,21). The fourth-order valence-corrected chi connectivity index (χ4v) is 2.57. The highest BCUT2D eigenvalue weighted by Crippen LogP contribution is 2.23. The molecule has 1 amide bonds. The summed E-state index contributed by atoms with van der Waals surface area (Å²) in [5.41, 5.74) is 1.77. The zero-order chi connectivity index (χ0) is 15.6. The van der Waals surface area contributed by atoms with Crippen LogP contribution >= 0.6 is 27.5 Å². The average Bonchev–Trinajstić information content (AvgIpc) is 2.37. The maximum atomic E-state index is 12.4. The van der Waals surface area contributed by atoms with E-state index in [4.69, 9.17) is 11.6 Å². The van der Waals surface area contributed by atoms with E-state index in [1.54, 1.807) is 12.1 Å². The molecule has 0 fully saturated rings. The quantitative estimate of drug-likeness (QED) is 0.813. The maximum absolute atomic E-state index is 12.4. The Morgan fingerprint density at radius 1 is 1.24 bits per heavy atom. The molecule has 2 rings (SSSR count). The van der Waals surface area contributed by atoms with Crippen LogP contribution in [0.15, 0.2) is 40.9 Å². The summed E-state index contributed by atoms with van der Waals surface area (Å²) in [5, 5.41) is 3.34. The Labute approximate surface area is 137 Å². The number of amides is 1. The second-order valence-corrected chi connectivity index (χ2v) is 6.71. The predicted octanol–water partition coefficient (Wildman–Crippen LogP) is 4.47. The molecule has 0 aliphatic carbocycles. The van der Waals surface area contributed by atoms with Gasteiger partial charge in [0.25, 0.3) is 5.91 Å². The summed E-state index contributed by atoms with van der Waals surface area (Å²) in [4.78, 5) is 16.5. The summed E-state index contributed by atoms with van der Waals surface area (Å²) in [5.74, 6) is -0.171. The van der Waals surface area contributed by atoms with Crippen molar-refractivity contribution in [2.75, 3.05) is 0 Å². The zero-order valence-electron chi connectivity index (χ0n) is 12.1. The van der Waals surface area contributed by atoms with Crippen LogP contribution in [0.2, 0.25) is 5.15 Å². The molecule has 0 saturated heterocycles. The van der Waals surface area contributed by atoms with Gasteiger partial charge in [0.15, 0.2) is 0 Å². The molecule has 21 heavy (non-hydrogen) atoms. The summed E-state index contributed by atoms with van der Waals surface area (Å²) in [6, 6.07) is 11.2. The molecular formula is C16H16BrClN2O. The van der Waals surface area contributed by atoms with Crippen LogP contribution in [0, 0.1) is 6.92 Å². The largest absolute Gasteiger partial charge is 0.343 e. The van der Waals surface area contributed by atoms with Gasteiger partial charge in [-0.2, -0.15) is 0 Å². The van der Waals surface area contributed by atoms with Crippen molar-refractivity contribution in [1.29, 1.82) is 0 Å². The van der Waals surface area contributed by atoms with Crippen molar-refractivity contribution >= 4 is 33.4 Å². The molecular weight excluding hydrogens is 352 g/mol. The number of benzene rings is 1. The maximum Gasteiger partial charge on any atom is 0.252 e. The molecule has 0 unspecified atom stereocenters. The van der Waals surface area contributed by atoms with E-state index in [-0.39, 0.29) is 5.91 Å². The molecule has 0 spiro atoms. The number of halogens is 2. The first kappa shape index (κ1) is 16.0.